The van der Waals surface area contributed by atoms with Crippen molar-refractivity contribution in [2.45, 2.75) is 13.3 Å². The van der Waals surface area contributed by atoms with Crippen molar-refractivity contribution in [1.82, 2.24) is 0 Å². The quantitative estimate of drug-likeness (QED) is 0.531. The molecule has 0 bridgehead atoms. The zero-order valence-electron chi connectivity index (χ0n) is 7.47. The number of rotatable bonds is 1. The number of aryl methyl sites for hydroxylation is 1. The third kappa shape index (κ3) is 11.3. The van der Waals surface area contributed by atoms with Gasteiger partial charge in [0.15, 0.2) is 0 Å². The maximum atomic E-state index is 8.35. The fourth-order valence-electron chi connectivity index (χ4n) is 0.714. The first-order valence-corrected chi connectivity index (χ1v) is 4.93. The van der Waals surface area contributed by atoms with E-state index in [1.54, 1.807) is 0 Å². The van der Waals surface area contributed by atoms with Crippen molar-refractivity contribution in [2.75, 3.05) is 0 Å². The topological polar surface area (TPSA) is 34.1 Å². The second-order valence-corrected chi connectivity index (χ2v) is 2.06. The monoisotopic (exact) mass is 215 g/mol. The summed E-state index contributed by atoms with van der Waals surface area (Å²) in [7, 11) is -1.08. The van der Waals surface area contributed by atoms with E-state index in [-0.39, 0.29) is 0 Å². The van der Waals surface area contributed by atoms with E-state index in [4.69, 9.17) is 9.13 Å². The van der Waals surface area contributed by atoms with Crippen molar-refractivity contribution >= 4 is 26.4 Å². The Bertz CT molecular complexity index is 233. The molecule has 4 heteroatoms. The molecule has 1 radical (unpaired) electrons. The molecule has 0 fully saturated rings. The van der Waals surface area contributed by atoms with Crippen LogP contribution in [0.4, 0.5) is 0 Å². The molecule has 71 valence electrons. The van der Waals surface area contributed by atoms with Gasteiger partial charge in [0.25, 0.3) is 0 Å². The SMILES string of the molecule is C=S.CCc1ccccc1.O=[P]=O. The Hall–Kier alpha value is -0.660. The van der Waals surface area contributed by atoms with Gasteiger partial charge in [-0.3, -0.25) is 0 Å². The van der Waals surface area contributed by atoms with Crippen molar-refractivity contribution in [3.05, 3.63) is 35.9 Å². The van der Waals surface area contributed by atoms with Crippen molar-refractivity contribution in [3.8, 4) is 0 Å². The van der Waals surface area contributed by atoms with E-state index < -0.39 is 8.34 Å². The van der Waals surface area contributed by atoms with Crippen LogP contribution in [0.2, 0.25) is 0 Å². The van der Waals surface area contributed by atoms with Crippen molar-refractivity contribution in [1.29, 1.82) is 0 Å². The van der Waals surface area contributed by atoms with E-state index in [2.05, 4.69) is 49.3 Å². The first-order valence-electron chi connectivity index (χ1n) is 3.63. The van der Waals surface area contributed by atoms with E-state index in [0.717, 1.165) is 6.42 Å². The second-order valence-electron chi connectivity index (χ2n) is 1.91. The Labute approximate surface area is 85.2 Å². The van der Waals surface area contributed by atoms with Gasteiger partial charge < -0.3 is 0 Å². The van der Waals surface area contributed by atoms with Crippen LogP contribution in [0.25, 0.3) is 0 Å². The van der Waals surface area contributed by atoms with Crippen molar-refractivity contribution < 1.29 is 9.13 Å². The molecule has 0 saturated heterocycles. The number of thiocarbonyl (C=S) groups is 1. The summed E-state index contributed by atoms with van der Waals surface area (Å²) in [5.41, 5.74) is 1.41. The molecule has 0 aliphatic rings. The molecular formula is C9H12O2PS. The summed E-state index contributed by atoms with van der Waals surface area (Å²) in [5, 5.41) is 0. The van der Waals surface area contributed by atoms with E-state index >= 15 is 0 Å². The standard InChI is InChI=1S/C8H10.CH2S.O2P/c1-2-8-6-4-3-5-7-8;1-2;1-3-2/h3-7H,2H2,1H3;1H2;. The zero-order valence-corrected chi connectivity index (χ0v) is 9.18. The fourth-order valence-corrected chi connectivity index (χ4v) is 0.714. The van der Waals surface area contributed by atoms with E-state index in [1.807, 2.05) is 6.07 Å². The summed E-state index contributed by atoms with van der Waals surface area (Å²) in [6, 6.07) is 10.5. The van der Waals surface area contributed by atoms with Crippen LogP contribution in [-0.4, -0.2) is 5.87 Å². The summed E-state index contributed by atoms with van der Waals surface area (Å²) in [4.78, 5) is 0. The van der Waals surface area contributed by atoms with Crippen LogP contribution in [-0.2, 0) is 15.6 Å². The van der Waals surface area contributed by atoms with E-state index in [9.17, 15) is 0 Å². The van der Waals surface area contributed by atoms with Gasteiger partial charge in [0.05, 0.1) is 0 Å². The summed E-state index contributed by atoms with van der Waals surface area (Å²) in [5.74, 6) is 2.83. The number of hydrogen-bond acceptors (Lipinski definition) is 3. The third-order valence-electron chi connectivity index (χ3n) is 1.25. The molecule has 1 aromatic carbocycles. The molecule has 0 N–H and O–H groups in total. The molecule has 0 aliphatic carbocycles. The zero-order chi connectivity index (χ0) is 10.5. The van der Waals surface area contributed by atoms with Gasteiger partial charge >= 0.3 is 17.5 Å². The van der Waals surface area contributed by atoms with Crippen LogP contribution in [0.15, 0.2) is 30.3 Å². The average Bonchev–Trinajstić information content (AvgIpc) is 2.23. The molecule has 0 aliphatic heterocycles. The molecule has 0 aromatic heterocycles. The molecule has 0 unspecified atom stereocenters. The van der Waals surface area contributed by atoms with Gasteiger partial charge in [0.2, 0.25) is 0 Å². The van der Waals surface area contributed by atoms with Crippen LogP contribution in [0, 0.1) is 0 Å². The van der Waals surface area contributed by atoms with E-state index in [0.29, 0.717) is 0 Å². The van der Waals surface area contributed by atoms with Crippen molar-refractivity contribution in [3.63, 3.8) is 0 Å². The minimum atomic E-state index is -1.08. The molecule has 1 aromatic rings. The second kappa shape index (κ2) is 13.9. The Morgan fingerprint density at radius 2 is 1.62 bits per heavy atom. The molecule has 0 amide bonds. The Morgan fingerprint density at radius 3 is 1.85 bits per heavy atom. The van der Waals surface area contributed by atoms with Crippen LogP contribution >= 0.6 is 20.6 Å². The summed E-state index contributed by atoms with van der Waals surface area (Å²) in [6.45, 7) is 2.16. The Kier molecular flexibility index (Phi) is 15.9. The maximum absolute atomic E-state index is 8.35. The molecule has 0 spiro atoms. The van der Waals surface area contributed by atoms with Gasteiger partial charge in [-0.05, 0) is 17.9 Å². The van der Waals surface area contributed by atoms with Crippen LogP contribution in [0.3, 0.4) is 0 Å². The fraction of sp³-hybridized carbons (Fsp3) is 0.222. The molecule has 13 heavy (non-hydrogen) atoms. The van der Waals surface area contributed by atoms with Gasteiger partial charge in [0, 0.05) is 0 Å². The number of hydrogen-bond donors (Lipinski definition) is 0. The van der Waals surface area contributed by atoms with Crippen LogP contribution in [0.5, 0.6) is 0 Å². The first-order chi connectivity index (χ1) is 6.35. The molecular weight excluding hydrogens is 203 g/mol. The average molecular weight is 215 g/mol. The predicted octanol–water partition coefficient (Wildman–Crippen LogP) is 3.49. The summed E-state index contributed by atoms with van der Waals surface area (Å²) >= 11 is 3.83. The molecule has 0 heterocycles. The van der Waals surface area contributed by atoms with Gasteiger partial charge in [-0.25, -0.2) is 0 Å². The molecule has 0 saturated carbocycles. The van der Waals surface area contributed by atoms with Crippen molar-refractivity contribution in [2.24, 2.45) is 0 Å². The third-order valence-corrected chi connectivity index (χ3v) is 1.25. The summed E-state index contributed by atoms with van der Waals surface area (Å²) in [6.07, 6.45) is 1.14. The predicted molar refractivity (Wildman–Crippen MR) is 58.8 cm³/mol. The van der Waals surface area contributed by atoms with Gasteiger partial charge in [-0.15, -0.1) is 0 Å². The van der Waals surface area contributed by atoms with Crippen LogP contribution < -0.4 is 0 Å². The molecule has 0 atom stereocenters. The van der Waals surface area contributed by atoms with E-state index in [1.165, 1.54) is 5.56 Å². The number of benzene rings is 1. The Morgan fingerprint density at radius 1 is 1.23 bits per heavy atom. The van der Waals surface area contributed by atoms with Gasteiger partial charge in [-0.2, -0.15) is 0 Å². The van der Waals surface area contributed by atoms with Crippen LogP contribution in [0.1, 0.15) is 12.5 Å². The van der Waals surface area contributed by atoms with Gasteiger partial charge in [0.1, 0.15) is 0 Å². The first kappa shape index (κ1) is 14.8. The summed E-state index contributed by atoms with van der Waals surface area (Å²) < 4.78 is 16.7. The normalized spacial score (nSPS) is 6.54. The molecule has 2 nitrogen and oxygen atoms in total. The minimum absolute atomic E-state index is 1.08. The van der Waals surface area contributed by atoms with Gasteiger partial charge in [-0.1, -0.05) is 49.5 Å². The Balaban J connectivity index is 0. The molecule has 1 rings (SSSR count).